The normalized spacial score (nSPS) is 16.1. The molecule has 1 saturated heterocycles. The summed E-state index contributed by atoms with van der Waals surface area (Å²) in [5.41, 5.74) is 2.47. The van der Waals surface area contributed by atoms with Crippen molar-refractivity contribution in [3.63, 3.8) is 0 Å². The predicted octanol–water partition coefficient (Wildman–Crippen LogP) is 7.06. The number of unbranched alkanes of at least 4 members (excludes halogenated alkanes) is 2. The van der Waals surface area contributed by atoms with Crippen molar-refractivity contribution < 1.29 is 19.0 Å². The van der Waals surface area contributed by atoms with E-state index in [9.17, 15) is 4.79 Å². The number of hydrogen-bond acceptors (Lipinski definition) is 4. The molecule has 1 fully saturated rings. The smallest absolute Gasteiger partial charge is 0.236 e. The molecule has 1 unspecified atom stereocenters. The zero-order chi connectivity index (χ0) is 24.7. The van der Waals surface area contributed by atoms with Gasteiger partial charge >= 0.3 is 0 Å². The van der Waals surface area contributed by atoms with E-state index < -0.39 is 0 Å². The Labute approximate surface area is 210 Å². The highest BCUT2D eigenvalue weighted by Gasteiger charge is 2.19. The summed E-state index contributed by atoms with van der Waals surface area (Å²) >= 11 is 0. The highest BCUT2D eigenvalue weighted by atomic mass is 16.7. The van der Waals surface area contributed by atoms with E-state index in [0.717, 1.165) is 56.3 Å². The second-order valence-corrected chi connectivity index (χ2v) is 8.93. The minimum absolute atomic E-state index is 0.0156. The van der Waals surface area contributed by atoms with Gasteiger partial charge in [0.15, 0.2) is 6.29 Å². The first-order valence-corrected chi connectivity index (χ1v) is 12.9. The third-order valence-corrected chi connectivity index (χ3v) is 6.11. The first-order chi connectivity index (χ1) is 17.2. The third-order valence-electron chi connectivity index (χ3n) is 6.11. The molecule has 1 aliphatic heterocycles. The van der Waals surface area contributed by atoms with Crippen LogP contribution >= 0.6 is 0 Å². The summed E-state index contributed by atoms with van der Waals surface area (Å²) in [6.45, 7) is 7.25. The predicted molar refractivity (Wildman–Crippen MR) is 140 cm³/mol. The monoisotopic (exact) mass is 474 g/mol. The topological polar surface area (TPSA) is 44.8 Å². The molecule has 0 amide bonds. The maximum Gasteiger partial charge on any atom is 0.236 e. The van der Waals surface area contributed by atoms with Gasteiger partial charge in [0.1, 0.15) is 12.4 Å². The van der Waals surface area contributed by atoms with Crippen molar-refractivity contribution in [3.8, 4) is 17.6 Å². The molecular formula is C31H38O4. The van der Waals surface area contributed by atoms with Crippen molar-refractivity contribution >= 4 is 5.78 Å². The van der Waals surface area contributed by atoms with Crippen LogP contribution in [0.4, 0.5) is 0 Å². The molecule has 4 heteroatoms. The Morgan fingerprint density at radius 2 is 2.03 bits per heavy atom. The van der Waals surface area contributed by atoms with Crippen molar-refractivity contribution in [1.82, 2.24) is 0 Å². The van der Waals surface area contributed by atoms with Crippen molar-refractivity contribution in [3.05, 3.63) is 77.9 Å². The fraction of sp³-hybridized carbons (Fsp3) is 0.452. The molecule has 2 atom stereocenters. The highest BCUT2D eigenvalue weighted by Crippen LogP contribution is 2.25. The first-order valence-electron chi connectivity index (χ1n) is 12.9. The lowest BCUT2D eigenvalue weighted by atomic mass is 9.99. The maximum absolute atomic E-state index is 13.1. The fourth-order valence-corrected chi connectivity index (χ4v) is 4.19. The molecule has 4 nitrogen and oxygen atoms in total. The second-order valence-electron chi connectivity index (χ2n) is 8.93. The summed E-state index contributed by atoms with van der Waals surface area (Å²) in [4.78, 5) is 13.1. The molecule has 0 aliphatic carbocycles. The van der Waals surface area contributed by atoms with Gasteiger partial charge < -0.3 is 14.2 Å². The van der Waals surface area contributed by atoms with E-state index >= 15 is 0 Å². The molecule has 1 aliphatic rings. The van der Waals surface area contributed by atoms with E-state index in [1.807, 2.05) is 48.5 Å². The number of hydrogen-bond donors (Lipinski definition) is 0. The van der Waals surface area contributed by atoms with E-state index in [1.54, 1.807) is 6.08 Å². The third kappa shape index (κ3) is 9.02. The zero-order valence-corrected chi connectivity index (χ0v) is 21.0. The van der Waals surface area contributed by atoms with Crippen molar-refractivity contribution in [2.45, 2.75) is 83.7 Å². The van der Waals surface area contributed by atoms with Gasteiger partial charge in [-0.1, -0.05) is 74.6 Å². The quantitative estimate of drug-likeness (QED) is 0.102. The van der Waals surface area contributed by atoms with Crippen LogP contribution in [0.25, 0.3) is 0 Å². The number of carbonyl (C=O) groups excluding carboxylic acids is 1. The van der Waals surface area contributed by atoms with Crippen LogP contribution in [0.1, 0.15) is 79.8 Å². The van der Waals surface area contributed by atoms with Gasteiger partial charge in [-0.15, -0.1) is 6.58 Å². The molecule has 2 aromatic carbocycles. The minimum atomic E-state index is -0.201. The van der Waals surface area contributed by atoms with Crippen LogP contribution in [0.15, 0.2) is 61.2 Å². The van der Waals surface area contributed by atoms with E-state index in [4.69, 9.17) is 14.2 Å². The lowest BCUT2D eigenvalue weighted by Crippen LogP contribution is -2.27. The number of ether oxygens (including phenoxy) is 3. The summed E-state index contributed by atoms with van der Waals surface area (Å²) < 4.78 is 18.0. The van der Waals surface area contributed by atoms with Crippen LogP contribution in [-0.2, 0) is 22.5 Å². The fourth-order valence-electron chi connectivity index (χ4n) is 4.19. The SMILES string of the molecule is C=CCc1c(OCc2ccccc2)cccc1C(=O)C#CC[C@H](CCCCC)OC1CCCCO1. The van der Waals surface area contributed by atoms with Crippen LogP contribution in [0.2, 0.25) is 0 Å². The summed E-state index contributed by atoms with van der Waals surface area (Å²) in [5, 5.41) is 0. The summed E-state index contributed by atoms with van der Waals surface area (Å²) in [6, 6.07) is 15.5. The minimum Gasteiger partial charge on any atom is -0.489 e. The van der Waals surface area contributed by atoms with E-state index in [-0.39, 0.29) is 18.2 Å². The number of carbonyl (C=O) groups is 1. The molecule has 0 spiro atoms. The zero-order valence-electron chi connectivity index (χ0n) is 21.0. The molecule has 35 heavy (non-hydrogen) atoms. The van der Waals surface area contributed by atoms with Crippen LogP contribution < -0.4 is 4.74 Å². The van der Waals surface area contributed by atoms with Gasteiger partial charge in [0.2, 0.25) is 5.78 Å². The van der Waals surface area contributed by atoms with E-state index in [2.05, 4.69) is 25.3 Å². The van der Waals surface area contributed by atoms with Crippen LogP contribution in [0, 0.1) is 11.8 Å². The Balaban J connectivity index is 1.67. The lowest BCUT2D eigenvalue weighted by Gasteiger charge is -2.27. The van der Waals surface area contributed by atoms with Crippen molar-refractivity contribution in [2.24, 2.45) is 0 Å². The molecule has 0 N–H and O–H groups in total. The number of rotatable bonds is 13. The van der Waals surface area contributed by atoms with E-state index in [0.29, 0.717) is 30.8 Å². The lowest BCUT2D eigenvalue weighted by molar-refractivity contribution is -0.188. The molecule has 186 valence electrons. The van der Waals surface area contributed by atoms with Crippen molar-refractivity contribution in [2.75, 3.05) is 6.61 Å². The first kappa shape index (κ1) is 26.7. The van der Waals surface area contributed by atoms with Gasteiger partial charge in [-0.25, -0.2) is 0 Å². The Morgan fingerprint density at radius 3 is 2.77 bits per heavy atom. The van der Waals surface area contributed by atoms with Crippen LogP contribution in [-0.4, -0.2) is 24.8 Å². The summed E-state index contributed by atoms with van der Waals surface area (Å²) in [6.07, 6.45) is 10.2. The summed E-state index contributed by atoms with van der Waals surface area (Å²) in [5.74, 6) is 6.45. The molecule has 1 heterocycles. The Bertz CT molecular complexity index is 980. The standard InChI is InChI=1S/C31H38O4/c1-3-5-7-17-26(35-31-22-10-11-23-33-31)18-12-20-29(32)27-19-13-21-30(28(27)14-4-2)34-24-25-15-8-6-9-16-25/h4,6,8-9,13,15-16,19,21,26,31H,2-3,5,7,10-11,14,17-18,22-24H2,1H3/t26-,31?/m0/s1. The Morgan fingerprint density at radius 1 is 1.17 bits per heavy atom. The average Bonchev–Trinajstić information content (AvgIpc) is 2.89. The Kier molecular flexibility index (Phi) is 11.6. The maximum atomic E-state index is 13.1. The second kappa shape index (κ2) is 15.2. The molecule has 2 aromatic rings. The van der Waals surface area contributed by atoms with Gasteiger partial charge in [-0.2, -0.15) is 0 Å². The van der Waals surface area contributed by atoms with E-state index in [1.165, 1.54) is 6.42 Å². The van der Waals surface area contributed by atoms with Gasteiger partial charge in [0.25, 0.3) is 0 Å². The molecular weight excluding hydrogens is 436 g/mol. The average molecular weight is 475 g/mol. The molecule has 0 saturated carbocycles. The van der Waals surface area contributed by atoms with Gasteiger partial charge in [0, 0.05) is 24.2 Å². The highest BCUT2D eigenvalue weighted by molar-refractivity contribution is 6.10. The number of allylic oxidation sites excluding steroid dienone is 1. The number of Topliss-reactive ketones (excluding diaryl/α,β-unsaturated/α-hetero) is 1. The van der Waals surface area contributed by atoms with Gasteiger partial charge in [-0.05, 0) is 55.7 Å². The van der Waals surface area contributed by atoms with Gasteiger partial charge in [-0.3, -0.25) is 4.79 Å². The molecule has 0 aromatic heterocycles. The largest absolute Gasteiger partial charge is 0.489 e. The van der Waals surface area contributed by atoms with Gasteiger partial charge in [0.05, 0.1) is 6.10 Å². The van der Waals surface area contributed by atoms with Crippen molar-refractivity contribution in [1.29, 1.82) is 0 Å². The van der Waals surface area contributed by atoms with Crippen LogP contribution in [0.3, 0.4) is 0 Å². The summed E-state index contributed by atoms with van der Waals surface area (Å²) in [7, 11) is 0. The number of ketones is 1. The molecule has 0 radical (unpaired) electrons. The molecule has 0 bridgehead atoms. The molecule has 3 rings (SSSR count). The van der Waals surface area contributed by atoms with Crippen LogP contribution in [0.5, 0.6) is 5.75 Å². The Hall–Kier alpha value is -2.87. The number of benzene rings is 2.